The zero-order valence-electron chi connectivity index (χ0n) is 9.72. The molecule has 3 fully saturated rings. The molecule has 1 aliphatic carbocycles. The fraction of sp³-hybridized carbons (Fsp3) is 0.750. The highest BCUT2D eigenvalue weighted by Gasteiger charge is 2.44. The molecule has 3 rings (SSSR count). The minimum Gasteiger partial charge on any atom is -0.338 e. The second-order valence-electron chi connectivity index (χ2n) is 5.18. The van der Waals surface area contributed by atoms with Gasteiger partial charge in [-0.3, -0.25) is 19.3 Å². The van der Waals surface area contributed by atoms with Crippen LogP contribution in [0.4, 0.5) is 0 Å². The van der Waals surface area contributed by atoms with E-state index in [0.29, 0.717) is 25.9 Å². The van der Waals surface area contributed by atoms with Crippen molar-refractivity contribution in [1.82, 2.24) is 9.80 Å². The standard InChI is InChI=1S/C12H16N2O3/c15-10-4-5-11(16)14(10)9-6-13(7-9)12(17)8-2-1-3-8/h8-9H,1-7H2. The number of amides is 3. The summed E-state index contributed by atoms with van der Waals surface area (Å²) in [4.78, 5) is 38.0. The van der Waals surface area contributed by atoms with Crippen LogP contribution in [0.2, 0.25) is 0 Å². The first-order chi connectivity index (χ1) is 8.16. The first kappa shape index (κ1) is 10.7. The molecule has 5 heteroatoms. The molecule has 5 nitrogen and oxygen atoms in total. The van der Waals surface area contributed by atoms with Crippen LogP contribution in [-0.4, -0.2) is 46.7 Å². The Hall–Kier alpha value is -1.39. The monoisotopic (exact) mass is 236 g/mol. The lowest BCUT2D eigenvalue weighted by Crippen LogP contribution is -2.63. The fourth-order valence-electron chi connectivity index (χ4n) is 2.71. The van der Waals surface area contributed by atoms with Crippen molar-refractivity contribution in [3.8, 4) is 0 Å². The van der Waals surface area contributed by atoms with E-state index in [1.807, 2.05) is 0 Å². The Labute approximate surface area is 99.7 Å². The molecule has 92 valence electrons. The van der Waals surface area contributed by atoms with E-state index in [2.05, 4.69) is 0 Å². The van der Waals surface area contributed by atoms with E-state index >= 15 is 0 Å². The van der Waals surface area contributed by atoms with Crippen LogP contribution in [0.1, 0.15) is 32.1 Å². The van der Waals surface area contributed by atoms with Crippen LogP contribution in [0.15, 0.2) is 0 Å². The average Bonchev–Trinajstić information content (AvgIpc) is 2.44. The van der Waals surface area contributed by atoms with Crippen LogP contribution in [0.3, 0.4) is 0 Å². The van der Waals surface area contributed by atoms with Crippen molar-refractivity contribution in [2.24, 2.45) is 5.92 Å². The summed E-state index contributed by atoms with van der Waals surface area (Å²) in [7, 11) is 0. The lowest BCUT2D eigenvalue weighted by molar-refractivity contribution is -0.154. The number of rotatable bonds is 2. The summed E-state index contributed by atoms with van der Waals surface area (Å²) >= 11 is 0. The van der Waals surface area contributed by atoms with Gasteiger partial charge in [0.1, 0.15) is 0 Å². The molecule has 2 heterocycles. The van der Waals surface area contributed by atoms with Crippen molar-refractivity contribution >= 4 is 17.7 Å². The van der Waals surface area contributed by atoms with Gasteiger partial charge in [-0.1, -0.05) is 6.42 Å². The predicted octanol–water partition coefficient (Wildman–Crippen LogP) is 0.146. The molecular formula is C12H16N2O3. The van der Waals surface area contributed by atoms with Crippen LogP contribution in [0, 0.1) is 5.92 Å². The largest absolute Gasteiger partial charge is 0.338 e. The molecule has 3 amide bonds. The Bertz CT molecular complexity index is 367. The maximum Gasteiger partial charge on any atom is 0.230 e. The Balaban J connectivity index is 1.55. The van der Waals surface area contributed by atoms with Crippen LogP contribution in [-0.2, 0) is 14.4 Å². The zero-order valence-corrected chi connectivity index (χ0v) is 9.72. The number of imide groups is 1. The second-order valence-corrected chi connectivity index (χ2v) is 5.18. The number of hydrogen-bond donors (Lipinski definition) is 0. The number of carbonyl (C=O) groups excluding carboxylic acids is 3. The van der Waals surface area contributed by atoms with Gasteiger partial charge >= 0.3 is 0 Å². The number of likely N-dealkylation sites (tertiary alicyclic amines) is 2. The minimum atomic E-state index is -0.0734. The summed E-state index contributed by atoms with van der Waals surface area (Å²) in [5.41, 5.74) is 0. The van der Waals surface area contributed by atoms with Crippen molar-refractivity contribution < 1.29 is 14.4 Å². The van der Waals surface area contributed by atoms with Gasteiger partial charge in [-0.2, -0.15) is 0 Å². The highest BCUT2D eigenvalue weighted by Crippen LogP contribution is 2.31. The van der Waals surface area contributed by atoms with Crippen LogP contribution in [0.25, 0.3) is 0 Å². The third-order valence-corrected chi connectivity index (χ3v) is 4.08. The molecule has 0 radical (unpaired) electrons. The number of nitrogens with zero attached hydrogens (tertiary/aromatic N) is 2. The van der Waals surface area contributed by atoms with Crippen LogP contribution in [0.5, 0.6) is 0 Å². The SMILES string of the molecule is O=C(C1CCC1)N1CC(N2C(=O)CCC2=O)C1. The summed E-state index contributed by atoms with van der Waals surface area (Å²) in [6.07, 6.45) is 3.83. The number of hydrogen-bond acceptors (Lipinski definition) is 3. The topological polar surface area (TPSA) is 57.7 Å². The third kappa shape index (κ3) is 1.64. The Morgan fingerprint density at radius 3 is 2.12 bits per heavy atom. The molecule has 17 heavy (non-hydrogen) atoms. The molecule has 2 saturated heterocycles. The summed E-state index contributed by atoms with van der Waals surface area (Å²) < 4.78 is 0. The van der Waals surface area contributed by atoms with Gasteiger partial charge in [-0.05, 0) is 12.8 Å². The maximum absolute atomic E-state index is 11.9. The number of carbonyl (C=O) groups is 3. The van der Waals surface area contributed by atoms with Gasteiger partial charge in [0.2, 0.25) is 17.7 Å². The van der Waals surface area contributed by atoms with Gasteiger partial charge in [-0.25, -0.2) is 0 Å². The van der Waals surface area contributed by atoms with Gasteiger partial charge in [0.05, 0.1) is 6.04 Å². The highest BCUT2D eigenvalue weighted by molar-refractivity contribution is 6.02. The van der Waals surface area contributed by atoms with E-state index in [1.165, 1.54) is 4.90 Å². The molecular weight excluding hydrogens is 220 g/mol. The first-order valence-electron chi connectivity index (χ1n) is 6.30. The quantitative estimate of drug-likeness (QED) is 0.641. The third-order valence-electron chi connectivity index (χ3n) is 4.08. The van der Waals surface area contributed by atoms with Crippen LogP contribution >= 0.6 is 0 Å². The van der Waals surface area contributed by atoms with E-state index in [4.69, 9.17) is 0 Å². The van der Waals surface area contributed by atoms with Gasteiger partial charge in [0, 0.05) is 31.8 Å². The first-order valence-corrected chi connectivity index (χ1v) is 6.30. The van der Waals surface area contributed by atoms with E-state index < -0.39 is 0 Å². The van der Waals surface area contributed by atoms with Crippen molar-refractivity contribution in [3.63, 3.8) is 0 Å². The van der Waals surface area contributed by atoms with E-state index in [0.717, 1.165) is 19.3 Å². The van der Waals surface area contributed by atoms with Gasteiger partial charge in [0.25, 0.3) is 0 Å². The molecule has 0 unspecified atom stereocenters. The molecule has 0 aromatic carbocycles. The molecule has 0 N–H and O–H groups in total. The van der Waals surface area contributed by atoms with Crippen molar-refractivity contribution in [1.29, 1.82) is 0 Å². The Kier molecular flexibility index (Phi) is 2.42. The van der Waals surface area contributed by atoms with E-state index in [-0.39, 0.29) is 29.7 Å². The van der Waals surface area contributed by atoms with E-state index in [9.17, 15) is 14.4 Å². The highest BCUT2D eigenvalue weighted by atomic mass is 16.2. The molecule has 0 aromatic heterocycles. The predicted molar refractivity (Wildman–Crippen MR) is 58.8 cm³/mol. The molecule has 0 aromatic rings. The summed E-state index contributed by atoms with van der Waals surface area (Å²) in [5.74, 6) is 0.277. The van der Waals surface area contributed by atoms with Crippen molar-refractivity contribution in [2.45, 2.75) is 38.1 Å². The average molecular weight is 236 g/mol. The molecule has 2 aliphatic heterocycles. The smallest absolute Gasteiger partial charge is 0.230 e. The summed E-state index contributed by atoms with van der Waals surface area (Å²) in [6, 6.07) is -0.0541. The van der Waals surface area contributed by atoms with Gasteiger partial charge in [-0.15, -0.1) is 0 Å². The van der Waals surface area contributed by atoms with Crippen LogP contribution < -0.4 is 0 Å². The summed E-state index contributed by atoms with van der Waals surface area (Å²) in [5, 5.41) is 0. The normalized spacial score (nSPS) is 26.1. The Morgan fingerprint density at radius 1 is 1.06 bits per heavy atom. The van der Waals surface area contributed by atoms with Crippen molar-refractivity contribution in [3.05, 3.63) is 0 Å². The fourth-order valence-corrected chi connectivity index (χ4v) is 2.71. The molecule has 1 saturated carbocycles. The lowest BCUT2D eigenvalue weighted by atomic mass is 9.83. The minimum absolute atomic E-state index is 0.0541. The molecule has 0 spiro atoms. The van der Waals surface area contributed by atoms with Gasteiger partial charge in [0.15, 0.2) is 0 Å². The molecule has 3 aliphatic rings. The van der Waals surface area contributed by atoms with Gasteiger partial charge < -0.3 is 4.90 Å². The summed E-state index contributed by atoms with van der Waals surface area (Å²) in [6.45, 7) is 1.10. The molecule has 0 atom stereocenters. The van der Waals surface area contributed by atoms with Crippen molar-refractivity contribution in [2.75, 3.05) is 13.1 Å². The van der Waals surface area contributed by atoms with E-state index in [1.54, 1.807) is 4.90 Å². The lowest BCUT2D eigenvalue weighted by Gasteiger charge is -2.45. The Morgan fingerprint density at radius 2 is 1.65 bits per heavy atom. The zero-order chi connectivity index (χ0) is 12.0. The maximum atomic E-state index is 11.9. The molecule has 0 bridgehead atoms. The second kappa shape index (κ2) is 3.82.